The van der Waals surface area contributed by atoms with Crippen LogP contribution < -0.4 is 15.0 Å². The van der Waals surface area contributed by atoms with E-state index in [9.17, 15) is 24.6 Å². The topological polar surface area (TPSA) is 119 Å². The molecule has 0 spiro atoms. The van der Waals surface area contributed by atoms with Crippen LogP contribution >= 0.6 is 0 Å². The second kappa shape index (κ2) is 14.9. The summed E-state index contributed by atoms with van der Waals surface area (Å²) in [6.07, 6.45) is 3.40. The summed E-state index contributed by atoms with van der Waals surface area (Å²) in [5, 5.41) is 24.5. The molecule has 9 nitrogen and oxygen atoms in total. The molecular weight excluding hydrogens is 594 g/mol. The van der Waals surface area contributed by atoms with Gasteiger partial charge in [-0.2, -0.15) is 0 Å². The Hall–Kier alpha value is -5.25. The lowest BCUT2D eigenvalue weighted by Crippen LogP contribution is -2.44. The molecule has 0 bridgehead atoms. The number of anilines is 2. The summed E-state index contributed by atoms with van der Waals surface area (Å²) in [7, 11) is 1.52. The van der Waals surface area contributed by atoms with Gasteiger partial charge in [0.2, 0.25) is 5.91 Å². The van der Waals surface area contributed by atoms with E-state index in [0.29, 0.717) is 34.8 Å². The molecule has 0 saturated carbocycles. The van der Waals surface area contributed by atoms with Crippen molar-refractivity contribution in [3.05, 3.63) is 138 Å². The molecule has 9 heteroatoms. The molecule has 4 aromatic rings. The van der Waals surface area contributed by atoms with Gasteiger partial charge < -0.3 is 30.1 Å². The molecule has 3 N–H and O–H groups in total. The lowest BCUT2D eigenvalue weighted by molar-refractivity contribution is -0.139. The molecule has 0 aromatic heterocycles. The first-order valence-corrected chi connectivity index (χ1v) is 15.5. The maximum atomic E-state index is 14.0. The van der Waals surface area contributed by atoms with E-state index in [1.165, 1.54) is 7.11 Å². The Morgan fingerprint density at radius 1 is 0.957 bits per heavy atom. The number of amides is 3. The average molecular weight is 634 g/mol. The quantitative estimate of drug-likeness (QED) is 0.172. The number of methoxy groups -OCH3 is 1. The van der Waals surface area contributed by atoms with Crippen LogP contribution in [0.15, 0.2) is 115 Å². The first-order chi connectivity index (χ1) is 22.7. The number of aliphatic hydroxyl groups excluding tert-OH is 1. The molecule has 0 aliphatic carbocycles. The fourth-order valence-electron chi connectivity index (χ4n) is 5.74. The van der Waals surface area contributed by atoms with Crippen molar-refractivity contribution in [2.45, 2.75) is 32.0 Å². The summed E-state index contributed by atoms with van der Waals surface area (Å²) < 4.78 is 5.42. The minimum absolute atomic E-state index is 0.0449. The first-order valence-electron chi connectivity index (χ1n) is 15.5. The number of fused-ring (bicyclic) bond motifs is 1. The zero-order chi connectivity index (χ0) is 33.4. The molecule has 0 saturated heterocycles. The minimum atomic E-state index is -1.90. The van der Waals surface area contributed by atoms with Gasteiger partial charge in [0.15, 0.2) is 5.60 Å². The largest absolute Gasteiger partial charge is 0.497 e. The number of nitrogens with one attached hydrogen (secondary N) is 1. The highest BCUT2D eigenvalue weighted by Gasteiger charge is 2.52. The SMILES string of the molecule is COc1ccc2c(c1)[C@](O)([C@@H](C)/C=C/CC(=O)N(CCO)Cc1ccccc1)C(=O)N2Cc1ccc(NC(=O)c2ccccc2)cc1. The summed E-state index contributed by atoms with van der Waals surface area (Å²) in [6.45, 7) is 2.34. The number of hydrogen-bond donors (Lipinski definition) is 3. The summed E-state index contributed by atoms with van der Waals surface area (Å²) in [6, 6.07) is 30.9. The van der Waals surface area contributed by atoms with Gasteiger partial charge in [-0.05, 0) is 53.6 Å². The van der Waals surface area contributed by atoms with Crippen molar-refractivity contribution in [2.24, 2.45) is 5.92 Å². The van der Waals surface area contributed by atoms with Gasteiger partial charge in [0.1, 0.15) is 5.75 Å². The van der Waals surface area contributed by atoms with Crippen molar-refractivity contribution in [1.29, 1.82) is 0 Å². The third-order valence-electron chi connectivity index (χ3n) is 8.38. The molecule has 0 unspecified atom stereocenters. The Morgan fingerprint density at radius 2 is 1.64 bits per heavy atom. The van der Waals surface area contributed by atoms with Crippen molar-refractivity contribution >= 4 is 29.1 Å². The smallest absolute Gasteiger partial charge is 0.264 e. The standard InChI is InChI=1S/C38H39N3O6/c1-27(10-9-15-35(43)40(22-23-42)25-28-11-5-3-6-12-28)38(46)33-24-32(47-2)20-21-34(33)41(37(38)45)26-29-16-18-31(19-17-29)39-36(44)30-13-7-4-8-14-30/h3-14,16-21,24,27,42,46H,15,22-23,25-26H2,1-2H3,(H,39,44)/b10-9+/t27-,38+/m0/s1. The van der Waals surface area contributed by atoms with Crippen LogP contribution in [0.1, 0.15) is 40.4 Å². The normalized spacial score (nSPS) is 16.2. The van der Waals surface area contributed by atoms with Crippen molar-refractivity contribution in [3.63, 3.8) is 0 Å². The summed E-state index contributed by atoms with van der Waals surface area (Å²) in [5.74, 6) is -1.07. The Labute approximate surface area is 274 Å². The predicted molar refractivity (Wildman–Crippen MR) is 181 cm³/mol. The number of nitrogens with zero attached hydrogens (tertiary/aromatic N) is 2. The van der Waals surface area contributed by atoms with E-state index in [-0.39, 0.29) is 37.9 Å². The Morgan fingerprint density at radius 3 is 2.30 bits per heavy atom. The maximum Gasteiger partial charge on any atom is 0.264 e. The second-order valence-electron chi connectivity index (χ2n) is 11.5. The first kappa shape index (κ1) is 33.1. The molecule has 1 heterocycles. The van der Waals surface area contributed by atoms with Gasteiger partial charge >= 0.3 is 0 Å². The van der Waals surface area contributed by atoms with Crippen LogP contribution in [0.4, 0.5) is 11.4 Å². The molecule has 1 aliphatic heterocycles. The number of rotatable bonds is 13. The molecule has 47 heavy (non-hydrogen) atoms. The van der Waals surface area contributed by atoms with Crippen molar-refractivity contribution < 1.29 is 29.3 Å². The fraction of sp³-hybridized carbons (Fsp3) is 0.237. The third-order valence-corrected chi connectivity index (χ3v) is 8.38. The molecule has 0 radical (unpaired) electrons. The number of hydrogen-bond acceptors (Lipinski definition) is 6. The highest BCUT2D eigenvalue weighted by atomic mass is 16.5. The summed E-state index contributed by atoms with van der Waals surface area (Å²) in [4.78, 5) is 42.8. The summed E-state index contributed by atoms with van der Waals surface area (Å²) >= 11 is 0. The third kappa shape index (κ3) is 7.43. The van der Waals surface area contributed by atoms with E-state index in [1.807, 2.05) is 48.5 Å². The predicted octanol–water partition coefficient (Wildman–Crippen LogP) is 5.29. The Bertz CT molecular complexity index is 1730. The van der Waals surface area contributed by atoms with E-state index in [0.717, 1.165) is 11.1 Å². The lowest BCUT2D eigenvalue weighted by Gasteiger charge is -2.28. The fourth-order valence-corrected chi connectivity index (χ4v) is 5.74. The summed E-state index contributed by atoms with van der Waals surface area (Å²) in [5.41, 5.74) is 2.01. The van der Waals surface area contributed by atoms with Crippen LogP contribution in [0.25, 0.3) is 0 Å². The zero-order valence-electron chi connectivity index (χ0n) is 26.5. The van der Waals surface area contributed by atoms with Gasteiger partial charge in [0.05, 0.1) is 25.9 Å². The Kier molecular flexibility index (Phi) is 10.5. The van der Waals surface area contributed by atoms with Crippen molar-refractivity contribution in [3.8, 4) is 5.75 Å². The van der Waals surface area contributed by atoms with Crippen LogP contribution in [0.2, 0.25) is 0 Å². The molecule has 3 amide bonds. The van der Waals surface area contributed by atoms with E-state index in [4.69, 9.17) is 4.74 Å². The van der Waals surface area contributed by atoms with Gasteiger partial charge in [-0.1, -0.05) is 79.7 Å². The van der Waals surface area contributed by atoms with Crippen LogP contribution in [0.5, 0.6) is 5.75 Å². The van der Waals surface area contributed by atoms with Gasteiger partial charge in [-0.15, -0.1) is 0 Å². The van der Waals surface area contributed by atoms with Gasteiger partial charge in [-0.3, -0.25) is 14.4 Å². The van der Waals surface area contributed by atoms with Crippen LogP contribution in [0, 0.1) is 5.92 Å². The van der Waals surface area contributed by atoms with E-state index in [2.05, 4.69) is 5.32 Å². The lowest BCUT2D eigenvalue weighted by atomic mass is 9.83. The minimum Gasteiger partial charge on any atom is -0.497 e. The van der Waals surface area contributed by atoms with Crippen LogP contribution in [-0.4, -0.2) is 53.1 Å². The van der Waals surface area contributed by atoms with E-state index in [1.54, 1.807) is 83.5 Å². The average Bonchev–Trinajstić information content (AvgIpc) is 3.31. The van der Waals surface area contributed by atoms with E-state index < -0.39 is 17.4 Å². The van der Waals surface area contributed by atoms with Crippen LogP contribution in [0.3, 0.4) is 0 Å². The molecule has 5 rings (SSSR count). The monoisotopic (exact) mass is 633 g/mol. The molecule has 2 atom stereocenters. The molecule has 1 aliphatic rings. The maximum absolute atomic E-state index is 14.0. The molecule has 242 valence electrons. The number of aliphatic hydroxyl groups is 2. The number of carbonyl (C=O) groups is 3. The van der Waals surface area contributed by atoms with Crippen molar-refractivity contribution in [1.82, 2.24) is 4.90 Å². The molecule has 4 aromatic carbocycles. The van der Waals surface area contributed by atoms with Gasteiger partial charge in [0.25, 0.3) is 11.8 Å². The van der Waals surface area contributed by atoms with Gasteiger partial charge in [-0.25, -0.2) is 0 Å². The highest BCUT2D eigenvalue weighted by Crippen LogP contribution is 2.47. The number of carbonyl (C=O) groups excluding carboxylic acids is 3. The highest BCUT2D eigenvalue weighted by molar-refractivity contribution is 6.07. The molecule has 0 fully saturated rings. The van der Waals surface area contributed by atoms with Crippen molar-refractivity contribution in [2.75, 3.05) is 30.5 Å². The molecular formula is C38H39N3O6. The second-order valence-corrected chi connectivity index (χ2v) is 11.5. The van der Waals surface area contributed by atoms with E-state index >= 15 is 0 Å². The number of benzene rings is 4. The van der Waals surface area contributed by atoms with Gasteiger partial charge in [0, 0.05) is 42.2 Å². The van der Waals surface area contributed by atoms with Crippen LogP contribution in [-0.2, 0) is 28.3 Å². The number of ether oxygens (including phenoxy) is 1. The zero-order valence-corrected chi connectivity index (χ0v) is 26.5. The Balaban J connectivity index is 1.31.